The van der Waals surface area contributed by atoms with Crippen LogP contribution < -0.4 is 10.5 Å². The highest BCUT2D eigenvalue weighted by molar-refractivity contribution is 9.10. The Labute approximate surface area is 119 Å². The van der Waals surface area contributed by atoms with Crippen molar-refractivity contribution in [3.05, 3.63) is 28.2 Å². The zero-order valence-corrected chi connectivity index (χ0v) is 13.0. The van der Waals surface area contributed by atoms with Gasteiger partial charge >= 0.3 is 0 Å². The molecule has 2 N–H and O–H groups in total. The van der Waals surface area contributed by atoms with E-state index in [4.69, 9.17) is 10.5 Å². The van der Waals surface area contributed by atoms with Gasteiger partial charge in [0, 0.05) is 11.0 Å². The molecule has 0 amide bonds. The lowest BCUT2D eigenvalue weighted by Gasteiger charge is -2.15. The van der Waals surface area contributed by atoms with E-state index in [9.17, 15) is 0 Å². The predicted molar refractivity (Wildman–Crippen MR) is 80.9 cm³/mol. The Balaban J connectivity index is 2.39. The summed E-state index contributed by atoms with van der Waals surface area (Å²) in [5.41, 5.74) is 6.73. The molecule has 0 bridgehead atoms. The first-order valence-corrected chi connectivity index (χ1v) is 7.61. The molecule has 1 aromatic rings. The first-order chi connectivity index (χ1) is 8.67. The first-order valence-electron chi connectivity index (χ1n) is 6.82. The van der Waals surface area contributed by atoms with Crippen molar-refractivity contribution in [2.45, 2.75) is 58.6 Å². The van der Waals surface area contributed by atoms with E-state index >= 15 is 0 Å². The monoisotopic (exact) mass is 313 g/mol. The van der Waals surface area contributed by atoms with Gasteiger partial charge in [-0.05, 0) is 37.5 Å². The van der Waals surface area contributed by atoms with Crippen LogP contribution in [-0.2, 0) is 6.54 Å². The third kappa shape index (κ3) is 5.40. The van der Waals surface area contributed by atoms with E-state index in [1.165, 1.54) is 25.7 Å². The van der Waals surface area contributed by atoms with Crippen molar-refractivity contribution in [2.24, 2.45) is 5.73 Å². The molecule has 0 radical (unpaired) electrons. The Morgan fingerprint density at radius 2 is 2.06 bits per heavy atom. The second kappa shape index (κ2) is 8.54. The van der Waals surface area contributed by atoms with E-state index in [2.05, 4.69) is 29.8 Å². The fourth-order valence-corrected chi connectivity index (χ4v) is 2.44. The Kier molecular flexibility index (Phi) is 7.36. The van der Waals surface area contributed by atoms with Crippen molar-refractivity contribution >= 4 is 15.9 Å². The van der Waals surface area contributed by atoms with Crippen LogP contribution in [0.1, 0.15) is 51.5 Å². The quantitative estimate of drug-likeness (QED) is 0.709. The summed E-state index contributed by atoms with van der Waals surface area (Å²) in [6.07, 6.45) is 6.55. The third-order valence-corrected chi connectivity index (χ3v) is 3.78. The normalized spacial score (nSPS) is 12.4. The molecule has 0 saturated heterocycles. The highest BCUT2D eigenvalue weighted by atomic mass is 79.9. The molecule has 0 saturated carbocycles. The second-order valence-corrected chi connectivity index (χ2v) is 5.59. The minimum absolute atomic E-state index is 0.275. The Hall–Kier alpha value is -0.540. The summed E-state index contributed by atoms with van der Waals surface area (Å²) in [5, 5.41) is 0. The van der Waals surface area contributed by atoms with Crippen LogP contribution in [0.25, 0.3) is 0 Å². The number of ether oxygens (including phenoxy) is 1. The number of unbranched alkanes of at least 4 members (excludes halogenated alkanes) is 3. The fraction of sp³-hybridized carbons (Fsp3) is 0.600. The first kappa shape index (κ1) is 15.5. The van der Waals surface area contributed by atoms with Crippen LogP contribution in [0, 0.1) is 0 Å². The van der Waals surface area contributed by atoms with Gasteiger partial charge in [-0.2, -0.15) is 0 Å². The zero-order chi connectivity index (χ0) is 13.4. The summed E-state index contributed by atoms with van der Waals surface area (Å²) in [5.74, 6) is 0.919. The maximum absolute atomic E-state index is 5.90. The molecule has 0 heterocycles. The van der Waals surface area contributed by atoms with Crippen molar-refractivity contribution in [3.63, 3.8) is 0 Å². The van der Waals surface area contributed by atoms with Gasteiger partial charge in [0.2, 0.25) is 0 Å². The Bertz CT molecular complexity index is 354. The lowest BCUT2D eigenvalue weighted by Crippen LogP contribution is -2.11. The molecule has 1 aromatic carbocycles. The highest BCUT2D eigenvalue weighted by Gasteiger charge is 2.06. The zero-order valence-electron chi connectivity index (χ0n) is 11.4. The van der Waals surface area contributed by atoms with Crippen molar-refractivity contribution in [1.29, 1.82) is 0 Å². The number of benzene rings is 1. The summed E-state index contributed by atoms with van der Waals surface area (Å²) in [6, 6.07) is 6.02. The van der Waals surface area contributed by atoms with Gasteiger partial charge in [-0.15, -0.1) is 0 Å². The minimum Gasteiger partial charge on any atom is -0.491 e. The van der Waals surface area contributed by atoms with Crippen LogP contribution in [0.4, 0.5) is 0 Å². The second-order valence-electron chi connectivity index (χ2n) is 4.74. The minimum atomic E-state index is 0.275. The maximum Gasteiger partial charge on any atom is 0.120 e. The van der Waals surface area contributed by atoms with Gasteiger partial charge in [0.15, 0.2) is 0 Å². The molecule has 3 heteroatoms. The predicted octanol–water partition coefficient (Wildman–Crippen LogP) is 4.65. The number of hydrogen-bond donors (Lipinski definition) is 1. The van der Waals surface area contributed by atoms with Gasteiger partial charge < -0.3 is 10.5 Å². The molecular weight excluding hydrogens is 290 g/mol. The lowest BCUT2D eigenvalue weighted by atomic mass is 10.1. The molecule has 0 aliphatic rings. The number of rotatable bonds is 8. The SMILES string of the molecule is CCCCCCC(C)Oc1ccc(CN)c(Br)c1. The standard InChI is InChI=1S/C15H24BrNO/c1-3-4-5-6-7-12(2)18-14-9-8-13(11-17)15(16)10-14/h8-10,12H,3-7,11,17H2,1-2H3. The topological polar surface area (TPSA) is 35.2 Å². The number of halogens is 1. The molecule has 1 atom stereocenters. The van der Waals surface area contributed by atoms with Crippen molar-refractivity contribution < 1.29 is 4.74 Å². The van der Waals surface area contributed by atoms with Crippen LogP contribution in [0.3, 0.4) is 0 Å². The van der Waals surface area contributed by atoms with Gasteiger partial charge in [0.05, 0.1) is 6.10 Å². The molecule has 2 nitrogen and oxygen atoms in total. The van der Waals surface area contributed by atoms with E-state index < -0.39 is 0 Å². The third-order valence-electron chi connectivity index (χ3n) is 3.05. The summed E-state index contributed by atoms with van der Waals surface area (Å²) in [7, 11) is 0. The molecule has 0 aliphatic carbocycles. The largest absolute Gasteiger partial charge is 0.491 e. The molecule has 18 heavy (non-hydrogen) atoms. The summed E-state index contributed by atoms with van der Waals surface area (Å²) >= 11 is 3.51. The van der Waals surface area contributed by atoms with Crippen LogP contribution in [0.5, 0.6) is 5.75 Å². The van der Waals surface area contributed by atoms with Gasteiger partial charge in [0.25, 0.3) is 0 Å². The Morgan fingerprint density at radius 1 is 1.28 bits per heavy atom. The average molecular weight is 314 g/mol. The molecule has 0 aliphatic heterocycles. The molecule has 1 rings (SSSR count). The molecule has 0 aromatic heterocycles. The van der Waals surface area contributed by atoms with Gasteiger partial charge in [-0.25, -0.2) is 0 Å². The van der Waals surface area contributed by atoms with Gasteiger partial charge in [0.1, 0.15) is 5.75 Å². The van der Waals surface area contributed by atoms with Gasteiger partial charge in [-0.1, -0.05) is 48.2 Å². The Morgan fingerprint density at radius 3 is 2.67 bits per heavy atom. The van der Waals surface area contributed by atoms with E-state index in [0.29, 0.717) is 6.54 Å². The molecular formula is C15H24BrNO. The maximum atomic E-state index is 5.90. The van der Waals surface area contributed by atoms with Crippen LogP contribution >= 0.6 is 15.9 Å². The molecule has 0 spiro atoms. The lowest BCUT2D eigenvalue weighted by molar-refractivity contribution is 0.206. The average Bonchev–Trinajstić information content (AvgIpc) is 2.35. The van der Waals surface area contributed by atoms with Crippen LogP contribution in [0.15, 0.2) is 22.7 Å². The number of nitrogens with two attached hydrogens (primary N) is 1. The molecule has 1 unspecified atom stereocenters. The summed E-state index contributed by atoms with van der Waals surface area (Å²) in [6.45, 7) is 4.92. The van der Waals surface area contributed by atoms with Crippen molar-refractivity contribution in [1.82, 2.24) is 0 Å². The summed E-state index contributed by atoms with van der Waals surface area (Å²) in [4.78, 5) is 0. The fourth-order valence-electron chi connectivity index (χ4n) is 1.92. The molecule has 102 valence electrons. The number of hydrogen-bond acceptors (Lipinski definition) is 2. The smallest absolute Gasteiger partial charge is 0.120 e. The highest BCUT2D eigenvalue weighted by Crippen LogP contribution is 2.24. The van der Waals surface area contributed by atoms with Crippen molar-refractivity contribution in [3.8, 4) is 5.75 Å². The van der Waals surface area contributed by atoms with E-state index in [0.717, 1.165) is 22.2 Å². The van der Waals surface area contributed by atoms with Crippen LogP contribution in [0.2, 0.25) is 0 Å². The molecule has 0 fully saturated rings. The van der Waals surface area contributed by atoms with E-state index in [1.54, 1.807) is 0 Å². The van der Waals surface area contributed by atoms with Gasteiger partial charge in [-0.3, -0.25) is 0 Å². The summed E-state index contributed by atoms with van der Waals surface area (Å²) < 4.78 is 6.93. The van der Waals surface area contributed by atoms with Crippen LogP contribution in [-0.4, -0.2) is 6.10 Å². The van der Waals surface area contributed by atoms with Crippen molar-refractivity contribution in [2.75, 3.05) is 0 Å². The van der Waals surface area contributed by atoms with E-state index in [-0.39, 0.29) is 6.10 Å². The van der Waals surface area contributed by atoms with E-state index in [1.807, 2.05) is 18.2 Å².